The summed E-state index contributed by atoms with van der Waals surface area (Å²) in [6.07, 6.45) is 0. The summed E-state index contributed by atoms with van der Waals surface area (Å²) in [6.45, 7) is 0. The number of para-hydroxylation sites is 4. The lowest BCUT2D eigenvalue weighted by molar-refractivity contribution is 0.673. The van der Waals surface area contributed by atoms with Crippen LogP contribution >= 0.6 is 0 Å². The lowest BCUT2D eigenvalue weighted by atomic mass is 10.0. The lowest BCUT2D eigenvalue weighted by Gasteiger charge is -2.13. The third kappa shape index (κ3) is 3.51. The molecule has 0 aliphatic rings. The van der Waals surface area contributed by atoms with E-state index in [0.29, 0.717) is 5.56 Å². The highest BCUT2D eigenvalue weighted by molar-refractivity contribution is 6.39. The van der Waals surface area contributed by atoms with Gasteiger partial charge in [0.15, 0.2) is 0 Å². The molecule has 4 nitrogen and oxygen atoms in total. The average Bonchev–Trinajstić information content (AvgIpc) is 3.80. The number of furan rings is 1. The minimum atomic E-state index is 0.610. The molecule has 0 aliphatic carbocycles. The third-order valence-corrected chi connectivity index (χ3v) is 9.52. The highest BCUT2D eigenvalue weighted by Gasteiger charge is 2.28. The van der Waals surface area contributed by atoms with E-state index in [0.717, 1.165) is 88.1 Å². The van der Waals surface area contributed by atoms with Crippen molar-refractivity contribution in [2.45, 2.75) is 0 Å². The maximum atomic E-state index is 10.7. The Morgan fingerprint density at radius 2 is 1.06 bits per heavy atom. The Hall–Kier alpha value is -6.57. The van der Waals surface area contributed by atoms with E-state index in [9.17, 15) is 5.26 Å². The number of aromatic nitrogens is 2. The van der Waals surface area contributed by atoms with E-state index in [1.54, 1.807) is 0 Å². The van der Waals surface area contributed by atoms with Crippen LogP contribution < -0.4 is 0 Å². The zero-order chi connectivity index (χ0) is 31.1. The monoisotopic (exact) mass is 599 g/mol. The van der Waals surface area contributed by atoms with Crippen LogP contribution in [0.4, 0.5) is 0 Å². The van der Waals surface area contributed by atoms with E-state index in [1.807, 2.05) is 36.4 Å². The van der Waals surface area contributed by atoms with E-state index in [4.69, 9.17) is 4.42 Å². The van der Waals surface area contributed by atoms with Crippen molar-refractivity contribution in [3.05, 3.63) is 157 Å². The molecule has 0 atom stereocenters. The van der Waals surface area contributed by atoms with E-state index in [-0.39, 0.29) is 0 Å². The van der Waals surface area contributed by atoms with Crippen LogP contribution in [-0.4, -0.2) is 9.13 Å². The second kappa shape index (κ2) is 9.71. The molecule has 218 valence electrons. The summed E-state index contributed by atoms with van der Waals surface area (Å²) < 4.78 is 11.5. The Labute approximate surface area is 269 Å². The first-order chi connectivity index (χ1) is 23.3. The fraction of sp³-hybridized carbons (Fsp3) is 0. The average molecular weight is 600 g/mol. The molecule has 10 aromatic rings. The van der Waals surface area contributed by atoms with E-state index in [1.165, 1.54) is 0 Å². The molecule has 0 N–H and O–H groups in total. The second-order valence-corrected chi connectivity index (χ2v) is 12.0. The molecule has 0 aliphatic heterocycles. The second-order valence-electron chi connectivity index (χ2n) is 12.0. The van der Waals surface area contributed by atoms with E-state index >= 15 is 0 Å². The summed E-state index contributed by atoms with van der Waals surface area (Å²) in [7, 11) is 0. The van der Waals surface area contributed by atoms with Gasteiger partial charge in [-0.2, -0.15) is 5.26 Å². The van der Waals surface area contributed by atoms with Crippen LogP contribution in [-0.2, 0) is 0 Å². The Bertz CT molecular complexity index is 2900. The van der Waals surface area contributed by atoms with Gasteiger partial charge < -0.3 is 13.6 Å². The molecule has 10 rings (SSSR count). The van der Waals surface area contributed by atoms with Crippen molar-refractivity contribution in [2.75, 3.05) is 0 Å². The fourth-order valence-electron chi connectivity index (χ4n) is 7.61. The number of nitriles is 1. The van der Waals surface area contributed by atoms with Crippen molar-refractivity contribution in [3.63, 3.8) is 0 Å². The highest BCUT2D eigenvalue weighted by atomic mass is 16.3. The number of benzene rings is 7. The van der Waals surface area contributed by atoms with Crippen molar-refractivity contribution >= 4 is 65.6 Å². The largest absolute Gasteiger partial charge is 0.455 e. The predicted molar refractivity (Wildman–Crippen MR) is 193 cm³/mol. The molecule has 0 bridgehead atoms. The molecule has 0 radical (unpaired) electrons. The molecular weight excluding hydrogens is 574 g/mol. The molecule has 0 unspecified atom stereocenters. The van der Waals surface area contributed by atoms with Gasteiger partial charge in [-0.15, -0.1) is 0 Å². The van der Waals surface area contributed by atoms with Crippen LogP contribution in [0.5, 0.6) is 0 Å². The van der Waals surface area contributed by atoms with Gasteiger partial charge >= 0.3 is 0 Å². The maximum absolute atomic E-state index is 10.7. The Balaban J connectivity index is 1.49. The zero-order valence-corrected chi connectivity index (χ0v) is 25.2. The number of hydrogen-bond acceptors (Lipinski definition) is 2. The first-order valence-corrected chi connectivity index (χ1v) is 15.8. The van der Waals surface area contributed by atoms with Gasteiger partial charge in [0, 0.05) is 27.2 Å². The van der Waals surface area contributed by atoms with Gasteiger partial charge in [-0.1, -0.05) is 109 Å². The van der Waals surface area contributed by atoms with Crippen molar-refractivity contribution in [1.29, 1.82) is 5.26 Å². The number of fused-ring (bicyclic) bond motifs is 12. The van der Waals surface area contributed by atoms with Gasteiger partial charge in [-0.3, -0.25) is 0 Å². The van der Waals surface area contributed by atoms with Crippen LogP contribution in [0.3, 0.4) is 0 Å². The van der Waals surface area contributed by atoms with Crippen LogP contribution in [0, 0.1) is 11.3 Å². The number of nitrogens with zero attached hydrogens (tertiary/aromatic N) is 3. The standard InChI is InChI=1S/C43H25N3O/c44-26-29-25-28(27-13-3-1-4-14-27)23-24-34(29)46-36-21-11-7-17-31(36)38-41-39(43-40(42(38)46)33-19-9-12-22-37(33)47-43)32-18-8-10-20-35(32)45(41)30-15-5-2-6-16-30/h1-25H. The third-order valence-electron chi connectivity index (χ3n) is 9.52. The summed E-state index contributed by atoms with van der Waals surface area (Å²) in [5.41, 5.74) is 10.6. The summed E-state index contributed by atoms with van der Waals surface area (Å²) >= 11 is 0. The molecule has 47 heavy (non-hydrogen) atoms. The van der Waals surface area contributed by atoms with E-state index in [2.05, 4.69) is 130 Å². The molecule has 0 spiro atoms. The van der Waals surface area contributed by atoms with Crippen molar-refractivity contribution in [1.82, 2.24) is 9.13 Å². The van der Waals surface area contributed by atoms with Crippen molar-refractivity contribution < 1.29 is 4.42 Å². The molecule has 3 heterocycles. The smallest absolute Gasteiger partial charge is 0.147 e. The van der Waals surface area contributed by atoms with Crippen LogP contribution in [0.25, 0.3) is 88.1 Å². The predicted octanol–water partition coefficient (Wildman–Crippen LogP) is 11.3. The topological polar surface area (TPSA) is 46.8 Å². The molecule has 4 heteroatoms. The molecule has 0 saturated carbocycles. The molecule has 0 amide bonds. The van der Waals surface area contributed by atoms with Crippen LogP contribution in [0.1, 0.15) is 5.56 Å². The van der Waals surface area contributed by atoms with Gasteiger partial charge in [-0.25, -0.2) is 0 Å². The normalized spacial score (nSPS) is 11.8. The van der Waals surface area contributed by atoms with Crippen molar-refractivity contribution in [3.8, 4) is 28.6 Å². The SMILES string of the molecule is N#Cc1cc(-c2ccccc2)ccc1-n1c2ccccc2c2c3c(c4ccccc4n3-c3ccccc3)c3oc4ccccc4c3c21. The first kappa shape index (κ1) is 25.7. The zero-order valence-electron chi connectivity index (χ0n) is 25.2. The summed E-state index contributed by atoms with van der Waals surface area (Å²) in [5.74, 6) is 0. The maximum Gasteiger partial charge on any atom is 0.147 e. The minimum Gasteiger partial charge on any atom is -0.455 e. The first-order valence-electron chi connectivity index (χ1n) is 15.8. The Morgan fingerprint density at radius 3 is 1.81 bits per heavy atom. The molecule has 0 fully saturated rings. The van der Waals surface area contributed by atoms with Gasteiger partial charge in [0.25, 0.3) is 0 Å². The molecule has 0 saturated heterocycles. The molecule has 7 aromatic carbocycles. The van der Waals surface area contributed by atoms with Crippen molar-refractivity contribution in [2.24, 2.45) is 0 Å². The quantitative estimate of drug-likeness (QED) is 0.203. The van der Waals surface area contributed by atoms with Gasteiger partial charge in [0.05, 0.1) is 44.1 Å². The molecular formula is C43H25N3O. The summed E-state index contributed by atoms with van der Waals surface area (Å²) in [4.78, 5) is 0. The van der Waals surface area contributed by atoms with Crippen LogP contribution in [0.15, 0.2) is 156 Å². The minimum absolute atomic E-state index is 0.610. The van der Waals surface area contributed by atoms with E-state index < -0.39 is 0 Å². The number of rotatable bonds is 3. The summed E-state index contributed by atoms with van der Waals surface area (Å²) in [6, 6.07) is 55.0. The van der Waals surface area contributed by atoms with Gasteiger partial charge in [0.2, 0.25) is 0 Å². The summed E-state index contributed by atoms with van der Waals surface area (Å²) in [5, 5.41) is 17.2. The Kier molecular flexibility index (Phi) is 5.32. The molecule has 3 aromatic heterocycles. The Morgan fingerprint density at radius 1 is 0.489 bits per heavy atom. The van der Waals surface area contributed by atoms with Gasteiger partial charge in [0.1, 0.15) is 17.2 Å². The van der Waals surface area contributed by atoms with Crippen LogP contribution in [0.2, 0.25) is 0 Å². The fourth-order valence-corrected chi connectivity index (χ4v) is 7.61. The number of hydrogen-bond donors (Lipinski definition) is 0. The van der Waals surface area contributed by atoms with Gasteiger partial charge in [-0.05, 0) is 53.6 Å². The highest BCUT2D eigenvalue weighted by Crippen LogP contribution is 2.49. The lowest BCUT2D eigenvalue weighted by Crippen LogP contribution is -1.99.